The van der Waals surface area contributed by atoms with Gasteiger partial charge in [0.15, 0.2) is 5.78 Å². The van der Waals surface area contributed by atoms with E-state index in [2.05, 4.69) is 11.1 Å². The number of rotatable bonds is 3. The number of carbonyl (C=O) groups is 1. The van der Waals surface area contributed by atoms with Crippen molar-refractivity contribution in [3.63, 3.8) is 0 Å². The molecule has 0 saturated heterocycles. The number of nitriles is 1. The van der Waals surface area contributed by atoms with Gasteiger partial charge >= 0.3 is 0 Å². The number of aromatic amines is 1. The Bertz CT molecular complexity index is 874. The van der Waals surface area contributed by atoms with Crippen molar-refractivity contribution in [2.45, 2.75) is 6.42 Å². The predicted octanol–water partition coefficient (Wildman–Crippen LogP) is 3.60. The van der Waals surface area contributed by atoms with Gasteiger partial charge in [-0.05, 0) is 29.8 Å². The highest BCUT2D eigenvalue weighted by Crippen LogP contribution is 2.23. The van der Waals surface area contributed by atoms with E-state index < -0.39 is 0 Å². The van der Waals surface area contributed by atoms with Crippen molar-refractivity contribution in [3.05, 3.63) is 71.2 Å². The lowest BCUT2D eigenvalue weighted by Gasteiger charge is -2.02. The van der Waals surface area contributed by atoms with Crippen LogP contribution < -0.4 is 0 Å². The Kier molecular flexibility index (Phi) is 3.25. The molecule has 3 nitrogen and oxygen atoms in total. The number of ketones is 1. The Morgan fingerprint density at radius 3 is 2.81 bits per heavy atom. The smallest absolute Gasteiger partial charge is 0.169 e. The standard InChI is InChI=1S/C17H11FN2O/c18-13-5-1-3-11(7-13)8-16(21)14-10-20-15-6-2-4-12(9-19)17(14)15/h1-7,10,20H,8H2. The number of hydrogen-bond donors (Lipinski definition) is 1. The minimum atomic E-state index is -0.364. The van der Waals surface area contributed by atoms with Gasteiger partial charge in [0.2, 0.25) is 0 Å². The maximum Gasteiger partial charge on any atom is 0.169 e. The monoisotopic (exact) mass is 278 g/mol. The Morgan fingerprint density at radius 1 is 1.24 bits per heavy atom. The van der Waals surface area contributed by atoms with E-state index in [1.54, 1.807) is 30.5 Å². The van der Waals surface area contributed by atoms with Crippen molar-refractivity contribution in [2.75, 3.05) is 0 Å². The molecular formula is C17H11FN2O. The minimum absolute atomic E-state index is 0.102. The summed E-state index contributed by atoms with van der Waals surface area (Å²) in [5, 5.41) is 9.79. The highest BCUT2D eigenvalue weighted by Gasteiger charge is 2.15. The van der Waals surface area contributed by atoms with Crippen LogP contribution in [0.3, 0.4) is 0 Å². The third kappa shape index (κ3) is 2.41. The predicted molar refractivity (Wildman–Crippen MR) is 77.4 cm³/mol. The van der Waals surface area contributed by atoms with Crippen LogP contribution in [-0.2, 0) is 6.42 Å². The van der Waals surface area contributed by atoms with Crippen molar-refractivity contribution >= 4 is 16.7 Å². The number of H-pyrrole nitrogens is 1. The van der Waals surface area contributed by atoms with Gasteiger partial charge in [-0.1, -0.05) is 18.2 Å². The van der Waals surface area contributed by atoms with E-state index in [-0.39, 0.29) is 18.0 Å². The van der Waals surface area contributed by atoms with E-state index in [9.17, 15) is 9.18 Å². The van der Waals surface area contributed by atoms with Gasteiger partial charge in [0.1, 0.15) is 5.82 Å². The molecule has 102 valence electrons. The summed E-state index contributed by atoms with van der Waals surface area (Å²) in [7, 11) is 0. The SMILES string of the molecule is N#Cc1cccc2[nH]cc(C(=O)Cc3cccc(F)c3)c12. The normalized spacial score (nSPS) is 10.5. The zero-order valence-corrected chi connectivity index (χ0v) is 11.1. The van der Waals surface area contributed by atoms with E-state index in [1.807, 2.05) is 6.07 Å². The lowest BCUT2D eigenvalue weighted by molar-refractivity contribution is 0.0994. The molecule has 4 heteroatoms. The lowest BCUT2D eigenvalue weighted by Crippen LogP contribution is -2.03. The van der Waals surface area contributed by atoms with Crippen molar-refractivity contribution in [1.29, 1.82) is 5.26 Å². The number of carbonyl (C=O) groups excluding carboxylic acids is 1. The van der Waals surface area contributed by atoms with Gasteiger partial charge in [-0.15, -0.1) is 0 Å². The molecule has 0 bridgehead atoms. The van der Waals surface area contributed by atoms with Crippen LogP contribution in [0.15, 0.2) is 48.7 Å². The molecule has 3 aromatic rings. The Balaban J connectivity index is 2.01. The molecular weight excluding hydrogens is 267 g/mol. The van der Waals surface area contributed by atoms with Crippen LogP contribution >= 0.6 is 0 Å². The molecule has 3 rings (SSSR count). The number of benzene rings is 2. The lowest BCUT2D eigenvalue weighted by atomic mass is 10.00. The summed E-state index contributed by atoms with van der Waals surface area (Å²) in [4.78, 5) is 15.4. The maximum absolute atomic E-state index is 13.2. The quantitative estimate of drug-likeness (QED) is 0.744. The highest BCUT2D eigenvalue weighted by molar-refractivity contribution is 6.10. The van der Waals surface area contributed by atoms with E-state index in [1.165, 1.54) is 12.1 Å². The molecule has 0 saturated carbocycles. The fourth-order valence-corrected chi connectivity index (χ4v) is 2.43. The second-order valence-corrected chi connectivity index (χ2v) is 4.77. The molecule has 0 atom stereocenters. The van der Waals surface area contributed by atoms with Crippen LogP contribution in [0.25, 0.3) is 10.9 Å². The number of nitrogens with one attached hydrogen (secondary N) is 1. The Morgan fingerprint density at radius 2 is 2.05 bits per heavy atom. The molecule has 0 radical (unpaired) electrons. The van der Waals surface area contributed by atoms with Gasteiger partial charge in [-0.2, -0.15) is 5.26 Å². The number of nitrogens with zero attached hydrogens (tertiary/aromatic N) is 1. The van der Waals surface area contributed by atoms with Crippen LogP contribution in [0.5, 0.6) is 0 Å². The molecule has 0 aliphatic carbocycles. The molecule has 1 N–H and O–H groups in total. The van der Waals surface area contributed by atoms with Gasteiger partial charge < -0.3 is 4.98 Å². The molecule has 0 spiro atoms. The first-order chi connectivity index (χ1) is 10.2. The average Bonchev–Trinajstić information content (AvgIpc) is 2.91. The van der Waals surface area contributed by atoms with Crippen LogP contribution in [0.2, 0.25) is 0 Å². The summed E-state index contributed by atoms with van der Waals surface area (Å²) >= 11 is 0. The van der Waals surface area contributed by atoms with Gasteiger partial charge in [0.05, 0.1) is 11.6 Å². The first-order valence-corrected chi connectivity index (χ1v) is 6.47. The number of aromatic nitrogens is 1. The third-order valence-corrected chi connectivity index (χ3v) is 3.38. The number of fused-ring (bicyclic) bond motifs is 1. The van der Waals surface area contributed by atoms with E-state index in [0.717, 1.165) is 5.52 Å². The first kappa shape index (κ1) is 13.1. The van der Waals surface area contributed by atoms with Gasteiger partial charge in [-0.25, -0.2) is 4.39 Å². The van der Waals surface area contributed by atoms with E-state index in [0.29, 0.717) is 22.1 Å². The van der Waals surface area contributed by atoms with Gasteiger partial charge in [0.25, 0.3) is 0 Å². The largest absolute Gasteiger partial charge is 0.360 e. The summed E-state index contributed by atoms with van der Waals surface area (Å²) in [5.41, 5.74) is 2.28. The number of hydrogen-bond acceptors (Lipinski definition) is 2. The third-order valence-electron chi connectivity index (χ3n) is 3.38. The van der Waals surface area contributed by atoms with Gasteiger partial charge in [-0.3, -0.25) is 4.79 Å². The number of halogens is 1. The van der Waals surface area contributed by atoms with Gasteiger partial charge in [0, 0.05) is 29.1 Å². The Hall–Kier alpha value is -2.93. The molecule has 21 heavy (non-hydrogen) atoms. The zero-order chi connectivity index (χ0) is 14.8. The first-order valence-electron chi connectivity index (χ1n) is 6.47. The minimum Gasteiger partial charge on any atom is -0.360 e. The summed E-state index contributed by atoms with van der Waals surface area (Å²) in [6.45, 7) is 0. The summed E-state index contributed by atoms with van der Waals surface area (Å²) in [5.74, 6) is -0.508. The van der Waals surface area contributed by atoms with Crippen molar-refractivity contribution in [3.8, 4) is 6.07 Å². The fourth-order valence-electron chi connectivity index (χ4n) is 2.43. The maximum atomic E-state index is 13.2. The van der Waals surface area contributed by atoms with Crippen molar-refractivity contribution in [2.24, 2.45) is 0 Å². The average molecular weight is 278 g/mol. The summed E-state index contributed by atoms with van der Waals surface area (Å²) in [6.07, 6.45) is 1.71. The molecule has 0 fully saturated rings. The molecule has 0 unspecified atom stereocenters. The second kappa shape index (κ2) is 5.22. The molecule has 1 aromatic heterocycles. The summed E-state index contributed by atoms with van der Waals surface area (Å²) in [6, 6.07) is 13.3. The van der Waals surface area contributed by atoms with Crippen LogP contribution in [-0.4, -0.2) is 10.8 Å². The zero-order valence-electron chi connectivity index (χ0n) is 11.1. The van der Waals surface area contributed by atoms with Crippen LogP contribution in [0.4, 0.5) is 4.39 Å². The molecule has 1 heterocycles. The highest BCUT2D eigenvalue weighted by atomic mass is 19.1. The Labute approximate surface area is 120 Å². The van der Waals surface area contributed by atoms with E-state index in [4.69, 9.17) is 5.26 Å². The second-order valence-electron chi connectivity index (χ2n) is 4.77. The summed E-state index contributed by atoms with van der Waals surface area (Å²) < 4.78 is 13.2. The van der Waals surface area contributed by atoms with Crippen LogP contribution in [0, 0.1) is 17.1 Å². The topological polar surface area (TPSA) is 56.6 Å². The molecule has 2 aromatic carbocycles. The van der Waals surface area contributed by atoms with E-state index >= 15 is 0 Å². The molecule has 0 aliphatic rings. The number of Topliss-reactive ketones (excluding diaryl/α,β-unsaturated/α-hetero) is 1. The van der Waals surface area contributed by atoms with Crippen LogP contribution in [0.1, 0.15) is 21.5 Å². The molecule has 0 amide bonds. The van der Waals surface area contributed by atoms with Crippen molar-refractivity contribution < 1.29 is 9.18 Å². The fraction of sp³-hybridized carbons (Fsp3) is 0.0588. The van der Waals surface area contributed by atoms with Crippen molar-refractivity contribution in [1.82, 2.24) is 4.98 Å². The molecule has 0 aliphatic heterocycles.